The second-order valence-corrected chi connectivity index (χ2v) is 4.31. The first-order valence-corrected chi connectivity index (χ1v) is 6.64. The lowest BCUT2D eigenvalue weighted by molar-refractivity contribution is 0.968. The van der Waals surface area contributed by atoms with Gasteiger partial charge in [-0.05, 0) is 19.1 Å². The van der Waals surface area contributed by atoms with E-state index in [1.54, 1.807) is 11.3 Å². The minimum atomic E-state index is 0.853. The van der Waals surface area contributed by atoms with Gasteiger partial charge < -0.3 is 10.6 Å². The second-order valence-electron chi connectivity index (χ2n) is 3.59. The molecule has 2 aromatic heterocycles. The third kappa shape index (κ3) is 3.71. The molecule has 90 valence electrons. The Hall–Kier alpha value is -1.62. The zero-order valence-electron chi connectivity index (χ0n) is 9.81. The summed E-state index contributed by atoms with van der Waals surface area (Å²) in [5.41, 5.74) is 2.99. The van der Waals surface area contributed by atoms with E-state index in [0.717, 1.165) is 36.8 Å². The summed E-state index contributed by atoms with van der Waals surface area (Å²) >= 11 is 1.63. The van der Waals surface area contributed by atoms with Gasteiger partial charge in [-0.2, -0.15) is 0 Å². The molecule has 2 rings (SSSR count). The maximum absolute atomic E-state index is 4.44. The number of nitrogens with zero attached hydrogens (tertiary/aromatic N) is 2. The van der Waals surface area contributed by atoms with Crippen molar-refractivity contribution in [3.05, 3.63) is 34.8 Å². The monoisotopic (exact) mass is 248 g/mol. The van der Waals surface area contributed by atoms with Crippen LogP contribution in [0.3, 0.4) is 0 Å². The number of hydrogen-bond donors (Lipinski definition) is 2. The van der Waals surface area contributed by atoms with Gasteiger partial charge in [0.2, 0.25) is 0 Å². The number of aromatic nitrogens is 2. The molecular weight excluding hydrogens is 232 g/mol. The third-order valence-electron chi connectivity index (χ3n) is 2.28. The molecule has 2 heterocycles. The van der Waals surface area contributed by atoms with E-state index >= 15 is 0 Å². The molecule has 0 aromatic carbocycles. The highest BCUT2D eigenvalue weighted by atomic mass is 32.1. The van der Waals surface area contributed by atoms with Gasteiger partial charge in [0.15, 0.2) is 0 Å². The van der Waals surface area contributed by atoms with Crippen LogP contribution >= 0.6 is 11.3 Å². The molecule has 17 heavy (non-hydrogen) atoms. The van der Waals surface area contributed by atoms with Gasteiger partial charge in [0.05, 0.1) is 11.2 Å². The molecule has 0 bridgehead atoms. The fraction of sp³-hybridized carbons (Fsp3) is 0.333. The lowest BCUT2D eigenvalue weighted by atomic mass is 10.3. The van der Waals surface area contributed by atoms with Gasteiger partial charge in [-0.1, -0.05) is 6.07 Å². The Morgan fingerprint density at radius 3 is 2.76 bits per heavy atom. The zero-order chi connectivity index (χ0) is 11.9. The van der Waals surface area contributed by atoms with Gasteiger partial charge in [-0.15, -0.1) is 11.3 Å². The molecule has 0 amide bonds. The highest BCUT2D eigenvalue weighted by molar-refractivity contribution is 7.07. The van der Waals surface area contributed by atoms with Crippen LogP contribution < -0.4 is 10.6 Å². The molecule has 0 atom stereocenters. The van der Waals surface area contributed by atoms with E-state index in [2.05, 4.69) is 32.9 Å². The fourth-order valence-electron chi connectivity index (χ4n) is 1.49. The molecule has 0 saturated carbocycles. The van der Waals surface area contributed by atoms with Crippen LogP contribution in [0.2, 0.25) is 0 Å². The van der Waals surface area contributed by atoms with E-state index in [4.69, 9.17) is 0 Å². The molecule has 0 aliphatic rings. The van der Waals surface area contributed by atoms with E-state index in [1.165, 1.54) is 0 Å². The summed E-state index contributed by atoms with van der Waals surface area (Å²) in [7, 11) is 0. The highest BCUT2D eigenvalue weighted by Crippen LogP contribution is 2.09. The van der Waals surface area contributed by atoms with Gasteiger partial charge in [0.25, 0.3) is 0 Å². The Labute approximate surface area is 105 Å². The highest BCUT2D eigenvalue weighted by Gasteiger charge is 1.97. The summed E-state index contributed by atoms with van der Waals surface area (Å²) in [6.45, 7) is 3.80. The minimum Gasteiger partial charge on any atom is -0.370 e. The predicted octanol–water partition coefficient (Wildman–Crippen LogP) is 2.62. The van der Waals surface area contributed by atoms with Crippen LogP contribution in [-0.4, -0.2) is 23.1 Å². The van der Waals surface area contributed by atoms with Crippen LogP contribution in [0.25, 0.3) is 0 Å². The summed E-state index contributed by atoms with van der Waals surface area (Å²) in [6.07, 6.45) is 0.927. The maximum Gasteiger partial charge on any atom is 0.128 e. The molecule has 2 N–H and O–H groups in total. The summed E-state index contributed by atoms with van der Waals surface area (Å²) in [5, 5.41) is 8.56. The molecular formula is C12H16N4S. The Bertz CT molecular complexity index is 442. The van der Waals surface area contributed by atoms with Crippen molar-refractivity contribution in [3.63, 3.8) is 0 Å². The normalized spacial score (nSPS) is 10.2. The van der Waals surface area contributed by atoms with Crippen LogP contribution in [0.5, 0.6) is 0 Å². The largest absolute Gasteiger partial charge is 0.370 e. The molecule has 0 radical (unpaired) electrons. The van der Waals surface area contributed by atoms with Crippen molar-refractivity contribution >= 4 is 23.0 Å². The number of hydrogen-bond acceptors (Lipinski definition) is 5. The van der Waals surface area contributed by atoms with Crippen molar-refractivity contribution in [1.82, 2.24) is 9.97 Å². The van der Waals surface area contributed by atoms with Crippen molar-refractivity contribution in [3.8, 4) is 0 Å². The molecule has 5 heteroatoms. The lowest BCUT2D eigenvalue weighted by Crippen LogP contribution is -2.07. The first kappa shape index (κ1) is 11.9. The number of nitrogens with one attached hydrogen (secondary N) is 2. The Morgan fingerprint density at radius 1 is 1.24 bits per heavy atom. The zero-order valence-corrected chi connectivity index (χ0v) is 10.6. The average molecular weight is 248 g/mol. The number of thiazole rings is 1. The molecule has 0 saturated heterocycles. The van der Waals surface area contributed by atoms with Crippen LogP contribution in [0.4, 0.5) is 11.6 Å². The van der Waals surface area contributed by atoms with Crippen molar-refractivity contribution < 1.29 is 0 Å². The van der Waals surface area contributed by atoms with Gasteiger partial charge in [-0.25, -0.2) is 9.97 Å². The smallest absolute Gasteiger partial charge is 0.128 e. The number of anilines is 2. The van der Waals surface area contributed by atoms with Crippen LogP contribution in [0, 0.1) is 0 Å². The van der Waals surface area contributed by atoms with Gasteiger partial charge in [0, 0.05) is 24.9 Å². The van der Waals surface area contributed by atoms with E-state index in [1.807, 2.05) is 23.7 Å². The Kier molecular flexibility index (Phi) is 4.32. The van der Waals surface area contributed by atoms with Crippen LogP contribution in [0.1, 0.15) is 12.6 Å². The topological polar surface area (TPSA) is 49.8 Å². The van der Waals surface area contributed by atoms with E-state index in [-0.39, 0.29) is 0 Å². The minimum absolute atomic E-state index is 0.853. The molecule has 0 aliphatic heterocycles. The summed E-state index contributed by atoms with van der Waals surface area (Å²) in [4.78, 5) is 8.68. The van der Waals surface area contributed by atoms with Crippen molar-refractivity contribution in [2.75, 3.05) is 23.7 Å². The SMILES string of the molecule is CCNc1cccc(NCCc2cscn2)n1. The van der Waals surface area contributed by atoms with Gasteiger partial charge in [-0.3, -0.25) is 0 Å². The maximum atomic E-state index is 4.44. The summed E-state index contributed by atoms with van der Waals surface area (Å²) < 4.78 is 0. The van der Waals surface area contributed by atoms with Crippen molar-refractivity contribution in [2.24, 2.45) is 0 Å². The molecule has 4 nitrogen and oxygen atoms in total. The molecule has 2 aromatic rings. The molecule has 0 fully saturated rings. The van der Waals surface area contributed by atoms with E-state index in [0.29, 0.717) is 0 Å². The predicted molar refractivity (Wildman–Crippen MR) is 72.7 cm³/mol. The van der Waals surface area contributed by atoms with E-state index in [9.17, 15) is 0 Å². The summed E-state index contributed by atoms with van der Waals surface area (Å²) in [6, 6.07) is 5.94. The van der Waals surface area contributed by atoms with Crippen molar-refractivity contribution in [1.29, 1.82) is 0 Å². The first-order chi connectivity index (χ1) is 8.38. The van der Waals surface area contributed by atoms with Crippen LogP contribution in [-0.2, 0) is 6.42 Å². The van der Waals surface area contributed by atoms with Crippen molar-refractivity contribution in [2.45, 2.75) is 13.3 Å². The number of rotatable bonds is 6. The Balaban J connectivity index is 1.84. The standard InChI is InChI=1S/C12H16N4S/c1-2-13-11-4-3-5-12(16-11)14-7-6-10-8-17-9-15-10/h3-5,8-9H,2,6-7H2,1H3,(H2,13,14,16). The second kappa shape index (κ2) is 6.20. The first-order valence-electron chi connectivity index (χ1n) is 5.70. The quantitative estimate of drug-likeness (QED) is 0.825. The molecule has 0 unspecified atom stereocenters. The molecule has 0 aliphatic carbocycles. The van der Waals surface area contributed by atoms with Crippen LogP contribution in [0.15, 0.2) is 29.1 Å². The molecule has 0 spiro atoms. The number of pyridine rings is 1. The van der Waals surface area contributed by atoms with Gasteiger partial charge in [0.1, 0.15) is 11.6 Å². The summed E-state index contributed by atoms with van der Waals surface area (Å²) in [5.74, 6) is 1.81. The lowest BCUT2D eigenvalue weighted by Gasteiger charge is -2.07. The average Bonchev–Trinajstić information content (AvgIpc) is 2.83. The Morgan fingerprint density at radius 2 is 2.06 bits per heavy atom. The fourth-order valence-corrected chi connectivity index (χ4v) is 2.09. The van der Waals surface area contributed by atoms with Gasteiger partial charge >= 0.3 is 0 Å². The van der Waals surface area contributed by atoms with E-state index < -0.39 is 0 Å². The third-order valence-corrected chi connectivity index (χ3v) is 2.91.